The molecule has 0 saturated carbocycles. The molecule has 1 unspecified atom stereocenters. The summed E-state index contributed by atoms with van der Waals surface area (Å²) in [6.07, 6.45) is 1.79. The van der Waals surface area contributed by atoms with Crippen LogP contribution in [0, 0.1) is 5.92 Å². The normalized spacial score (nSPS) is 17.3. The third-order valence-electron chi connectivity index (χ3n) is 4.95. The summed E-state index contributed by atoms with van der Waals surface area (Å²) >= 11 is 6.18. The van der Waals surface area contributed by atoms with Crippen LogP contribution >= 0.6 is 11.6 Å². The lowest BCUT2D eigenvalue weighted by atomic mass is 9.90. The van der Waals surface area contributed by atoms with E-state index < -0.39 is 16.1 Å². The lowest BCUT2D eigenvalue weighted by Gasteiger charge is -2.27. The van der Waals surface area contributed by atoms with E-state index in [1.807, 2.05) is 0 Å². The summed E-state index contributed by atoms with van der Waals surface area (Å²) in [5, 5.41) is 14.8. The molecule has 3 aromatic rings. The van der Waals surface area contributed by atoms with Crippen molar-refractivity contribution in [3.63, 3.8) is 0 Å². The highest BCUT2D eigenvalue weighted by Crippen LogP contribution is 2.35. The van der Waals surface area contributed by atoms with Gasteiger partial charge in [-0.05, 0) is 50.0 Å². The summed E-state index contributed by atoms with van der Waals surface area (Å²) < 4.78 is 27.8. The number of aliphatic hydroxyl groups excluding tert-OH is 1. The van der Waals surface area contributed by atoms with Gasteiger partial charge in [-0.3, -0.25) is 0 Å². The number of benzene rings is 1. The largest absolute Gasteiger partial charge is 0.387 e. The standard InChI is InChI=1S/C18H19ClN4O3S/c19-17-14-10-15(16(24)12-6-8-20-9-7-12)23(18(14)22-11-21-17)27(25,26)13-4-2-1-3-5-13/h1-5,10-12,16,20,24H,6-9H2. The molecule has 0 amide bonds. The maximum absolute atomic E-state index is 13.4. The summed E-state index contributed by atoms with van der Waals surface area (Å²) in [7, 11) is -3.96. The average Bonchev–Trinajstić information content (AvgIpc) is 3.10. The van der Waals surface area contributed by atoms with E-state index in [9.17, 15) is 13.5 Å². The summed E-state index contributed by atoms with van der Waals surface area (Å²) in [4.78, 5) is 8.21. The third-order valence-corrected chi connectivity index (χ3v) is 6.98. The highest BCUT2D eigenvalue weighted by Gasteiger charge is 2.32. The van der Waals surface area contributed by atoms with Crippen molar-refractivity contribution in [2.45, 2.75) is 23.8 Å². The number of fused-ring (bicyclic) bond motifs is 1. The molecule has 0 aliphatic carbocycles. The number of aliphatic hydroxyl groups is 1. The van der Waals surface area contributed by atoms with Crippen molar-refractivity contribution in [1.82, 2.24) is 19.3 Å². The number of halogens is 1. The van der Waals surface area contributed by atoms with Crippen LogP contribution in [0.4, 0.5) is 0 Å². The van der Waals surface area contributed by atoms with Crippen LogP contribution < -0.4 is 5.32 Å². The molecular formula is C18H19ClN4O3S. The highest BCUT2D eigenvalue weighted by molar-refractivity contribution is 7.90. The number of aromatic nitrogens is 3. The Labute approximate surface area is 162 Å². The molecule has 27 heavy (non-hydrogen) atoms. The molecule has 1 atom stereocenters. The first-order valence-electron chi connectivity index (χ1n) is 8.71. The molecular weight excluding hydrogens is 388 g/mol. The molecule has 0 bridgehead atoms. The quantitative estimate of drug-likeness (QED) is 0.645. The van der Waals surface area contributed by atoms with Crippen molar-refractivity contribution in [3.8, 4) is 0 Å². The lowest BCUT2D eigenvalue weighted by Crippen LogP contribution is -2.32. The molecule has 9 heteroatoms. The number of rotatable bonds is 4. The lowest BCUT2D eigenvalue weighted by molar-refractivity contribution is 0.0847. The first-order valence-corrected chi connectivity index (χ1v) is 10.5. The fourth-order valence-electron chi connectivity index (χ4n) is 3.54. The Morgan fingerprint density at radius 2 is 1.89 bits per heavy atom. The first kappa shape index (κ1) is 18.4. The van der Waals surface area contributed by atoms with Crippen molar-refractivity contribution in [3.05, 3.63) is 53.6 Å². The van der Waals surface area contributed by atoms with Gasteiger partial charge in [0.2, 0.25) is 0 Å². The Kier molecular flexibility index (Phi) is 4.90. The maximum atomic E-state index is 13.4. The Morgan fingerprint density at radius 3 is 2.59 bits per heavy atom. The van der Waals surface area contributed by atoms with E-state index in [2.05, 4.69) is 15.3 Å². The van der Waals surface area contributed by atoms with E-state index in [4.69, 9.17) is 11.6 Å². The number of hydrogen-bond donors (Lipinski definition) is 2. The van der Waals surface area contributed by atoms with Gasteiger partial charge in [0.05, 0.1) is 22.1 Å². The van der Waals surface area contributed by atoms with Crippen molar-refractivity contribution in [2.75, 3.05) is 13.1 Å². The van der Waals surface area contributed by atoms with Gasteiger partial charge >= 0.3 is 0 Å². The zero-order chi connectivity index (χ0) is 19.0. The van der Waals surface area contributed by atoms with E-state index in [1.54, 1.807) is 24.3 Å². The van der Waals surface area contributed by atoms with Crippen LogP contribution in [0.25, 0.3) is 11.0 Å². The zero-order valence-electron chi connectivity index (χ0n) is 14.4. The van der Waals surface area contributed by atoms with Gasteiger partial charge in [0.1, 0.15) is 11.5 Å². The SMILES string of the molecule is O=S(=O)(c1ccccc1)n1c(C(O)C2CCNCC2)cc2c(Cl)ncnc21. The van der Waals surface area contributed by atoms with Crippen LogP contribution in [0.5, 0.6) is 0 Å². The molecule has 1 saturated heterocycles. The molecule has 4 rings (SSSR count). The smallest absolute Gasteiger partial charge is 0.269 e. The number of nitrogens with zero attached hydrogens (tertiary/aromatic N) is 3. The summed E-state index contributed by atoms with van der Waals surface area (Å²) in [5.41, 5.74) is 0.435. The van der Waals surface area contributed by atoms with Crippen molar-refractivity contribution in [2.24, 2.45) is 5.92 Å². The molecule has 1 aliphatic rings. The maximum Gasteiger partial charge on any atom is 0.269 e. The summed E-state index contributed by atoms with van der Waals surface area (Å²) in [6.45, 7) is 1.57. The van der Waals surface area contributed by atoms with Crippen LogP contribution in [0.1, 0.15) is 24.6 Å². The molecule has 0 radical (unpaired) electrons. The minimum Gasteiger partial charge on any atom is -0.387 e. The van der Waals surface area contributed by atoms with Crippen molar-refractivity contribution in [1.29, 1.82) is 0 Å². The van der Waals surface area contributed by atoms with Gasteiger partial charge in [-0.1, -0.05) is 29.8 Å². The van der Waals surface area contributed by atoms with Crippen LogP contribution in [0.2, 0.25) is 5.15 Å². The van der Waals surface area contributed by atoms with Crippen molar-refractivity contribution < 1.29 is 13.5 Å². The van der Waals surface area contributed by atoms with Gasteiger partial charge in [-0.25, -0.2) is 22.4 Å². The van der Waals surface area contributed by atoms with Gasteiger partial charge in [0.25, 0.3) is 10.0 Å². The Balaban J connectivity index is 1.94. The molecule has 3 heterocycles. The van der Waals surface area contributed by atoms with E-state index in [0.29, 0.717) is 5.39 Å². The molecule has 142 valence electrons. The summed E-state index contributed by atoms with van der Waals surface area (Å²) in [6, 6.07) is 9.68. The Morgan fingerprint density at radius 1 is 1.19 bits per heavy atom. The van der Waals surface area contributed by atoms with Gasteiger partial charge < -0.3 is 10.4 Å². The topological polar surface area (TPSA) is 97.1 Å². The molecule has 2 N–H and O–H groups in total. The van der Waals surface area contributed by atoms with Gasteiger partial charge in [0, 0.05) is 0 Å². The zero-order valence-corrected chi connectivity index (χ0v) is 16.0. The van der Waals surface area contributed by atoms with Gasteiger partial charge in [-0.15, -0.1) is 0 Å². The molecule has 1 aromatic carbocycles. The van der Waals surface area contributed by atoms with E-state index in [1.165, 1.54) is 18.5 Å². The first-order chi connectivity index (χ1) is 13.0. The van der Waals surface area contributed by atoms with Crippen LogP contribution in [-0.4, -0.2) is 40.6 Å². The predicted molar refractivity (Wildman–Crippen MR) is 102 cm³/mol. The Bertz CT molecular complexity index is 1060. The molecule has 0 spiro atoms. The van der Waals surface area contributed by atoms with Crippen LogP contribution in [0.15, 0.2) is 47.6 Å². The van der Waals surface area contributed by atoms with Crippen LogP contribution in [0.3, 0.4) is 0 Å². The second kappa shape index (κ2) is 7.20. The molecule has 2 aromatic heterocycles. The minimum atomic E-state index is -3.96. The van der Waals surface area contributed by atoms with E-state index >= 15 is 0 Å². The predicted octanol–water partition coefficient (Wildman–Crippen LogP) is 2.35. The fraction of sp³-hybridized carbons (Fsp3) is 0.333. The molecule has 1 aliphatic heterocycles. The van der Waals surface area contributed by atoms with Crippen LogP contribution in [-0.2, 0) is 10.0 Å². The monoisotopic (exact) mass is 406 g/mol. The minimum absolute atomic E-state index is 0.0491. The Hall–Kier alpha value is -2.00. The highest BCUT2D eigenvalue weighted by atomic mass is 35.5. The van der Waals surface area contributed by atoms with Gasteiger partial charge in [-0.2, -0.15) is 0 Å². The van der Waals surface area contributed by atoms with Gasteiger partial charge in [0.15, 0.2) is 5.65 Å². The number of nitrogens with one attached hydrogen (secondary N) is 1. The third kappa shape index (κ3) is 3.23. The van der Waals surface area contributed by atoms with E-state index in [0.717, 1.165) is 29.9 Å². The number of piperidine rings is 1. The molecule has 7 nitrogen and oxygen atoms in total. The second-order valence-corrected chi connectivity index (χ2v) is 8.73. The summed E-state index contributed by atoms with van der Waals surface area (Å²) in [5.74, 6) is -0.0491. The fourth-order valence-corrected chi connectivity index (χ4v) is 5.24. The average molecular weight is 407 g/mol. The number of hydrogen-bond acceptors (Lipinski definition) is 6. The van der Waals surface area contributed by atoms with Crippen molar-refractivity contribution >= 4 is 32.7 Å². The molecule has 1 fully saturated rings. The second-order valence-electron chi connectivity index (χ2n) is 6.59. The van der Waals surface area contributed by atoms with E-state index in [-0.39, 0.29) is 27.3 Å².